The Bertz CT molecular complexity index is 658. The van der Waals surface area contributed by atoms with Crippen LogP contribution in [-0.2, 0) is 6.54 Å². The highest BCUT2D eigenvalue weighted by Gasteiger charge is 2.16. The number of nitrogens with zero attached hydrogens (tertiary/aromatic N) is 1. The van der Waals surface area contributed by atoms with Crippen LogP contribution < -0.4 is 10.9 Å². The Hall–Kier alpha value is -1.72. The molecular weight excluding hydrogens is 266 g/mol. The van der Waals surface area contributed by atoms with Crippen LogP contribution in [0.3, 0.4) is 0 Å². The highest BCUT2D eigenvalue weighted by Crippen LogP contribution is 2.20. The maximum atomic E-state index is 11.9. The zero-order valence-corrected chi connectivity index (χ0v) is 12.8. The number of aromatic amines is 1. The molecule has 3 N–H and O–H groups in total. The van der Waals surface area contributed by atoms with Crippen LogP contribution in [0.1, 0.15) is 33.0 Å². The molecule has 1 aromatic carbocycles. The maximum absolute atomic E-state index is 11.9. The maximum Gasteiger partial charge on any atom is 0.258 e. The van der Waals surface area contributed by atoms with Crippen molar-refractivity contribution in [1.82, 2.24) is 15.3 Å². The van der Waals surface area contributed by atoms with Gasteiger partial charge in [0.2, 0.25) is 0 Å². The summed E-state index contributed by atoms with van der Waals surface area (Å²) in [6.07, 6.45) is 0.318. The average Bonchev–Trinajstić information content (AvgIpc) is 2.36. The minimum atomic E-state index is -0.405. The van der Waals surface area contributed by atoms with Gasteiger partial charge in [-0.25, -0.2) is 4.98 Å². The molecule has 0 spiro atoms. The molecule has 0 radical (unpaired) electrons. The van der Waals surface area contributed by atoms with Gasteiger partial charge in [-0.2, -0.15) is 0 Å². The van der Waals surface area contributed by atoms with Gasteiger partial charge in [0.05, 0.1) is 23.6 Å². The van der Waals surface area contributed by atoms with Gasteiger partial charge < -0.3 is 15.4 Å². The number of aromatic nitrogens is 2. The third kappa shape index (κ3) is 4.65. The Morgan fingerprint density at radius 2 is 2.05 bits per heavy atom. The second-order valence-corrected chi connectivity index (χ2v) is 6.58. The van der Waals surface area contributed by atoms with Crippen molar-refractivity contribution >= 4 is 10.9 Å². The highest BCUT2D eigenvalue weighted by atomic mass is 16.3. The summed E-state index contributed by atoms with van der Waals surface area (Å²) < 4.78 is 0. The largest absolute Gasteiger partial charge is 0.392 e. The van der Waals surface area contributed by atoms with Gasteiger partial charge in [0, 0.05) is 6.54 Å². The molecule has 5 heteroatoms. The topological polar surface area (TPSA) is 78.0 Å². The quantitative estimate of drug-likeness (QED) is 0.784. The lowest BCUT2D eigenvalue weighted by molar-refractivity contribution is 0.119. The Morgan fingerprint density at radius 1 is 1.33 bits per heavy atom. The third-order valence-corrected chi connectivity index (χ3v) is 3.18. The molecule has 0 bridgehead atoms. The second kappa shape index (κ2) is 6.37. The van der Waals surface area contributed by atoms with Crippen LogP contribution in [0.25, 0.3) is 10.9 Å². The summed E-state index contributed by atoms with van der Waals surface area (Å²) in [5.74, 6) is 0.585. The van der Waals surface area contributed by atoms with E-state index in [0.29, 0.717) is 29.8 Å². The van der Waals surface area contributed by atoms with E-state index in [2.05, 4.69) is 36.1 Å². The number of hydrogen-bond donors (Lipinski definition) is 3. The van der Waals surface area contributed by atoms with Crippen LogP contribution in [0.15, 0.2) is 29.1 Å². The van der Waals surface area contributed by atoms with Crippen molar-refractivity contribution in [3.8, 4) is 0 Å². The first kappa shape index (κ1) is 15.7. The van der Waals surface area contributed by atoms with Crippen molar-refractivity contribution in [3.05, 3.63) is 40.4 Å². The lowest BCUT2D eigenvalue weighted by Crippen LogP contribution is -2.30. The van der Waals surface area contributed by atoms with Crippen molar-refractivity contribution in [2.45, 2.75) is 39.8 Å². The molecule has 5 nitrogen and oxygen atoms in total. The predicted molar refractivity (Wildman–Crippen MR) is 84.1 cm³/mol. The number of H-pyrrole nitrogens is 1. The Balaban J connectivity index is 1.96. The van der Waals surface area contributed by atoms with Gasteiger partial charge >= 0.3 is 0 Å². The fraction of sp³-hybridized carbons (Fsp3) is 0.500. The molecule has 114 valence electrons. The molecule has 2 aromatic rings. The summed E-state index contributed by atoms with van der Waals surface area (Å²) in [5.41, 5.74) is 0.650. The number of para-hydroxylation sites is 1. The molecule has 0 aliphatic heterocycles. The highest BCUT2D eigenvalue weighted by molar-refractivity contribution is 5.77. The standard InChI is InChI=1S/C16H23N3O2/c1-16(2,3)8-11(20)9-17-10-14-18-13-7-5-4-6-12(13)15(21)19-14/h4-7,11,17,20H,8-10H2,1-3H3,(H,18,19,21). The molecule has 1 unspecified atom stereocenters. The molecule has 0 saturated heterocycles. The molecule has 0 aliphatic rings. The second-order valence-electron chi connectivity index (χ2n) is 6.58. The van der Waals surface area contributed by atoms with E-state index < -0.39 is 6.10 Å². The smallest absolute Gasteiger partial charge is 0.258 e. The molecular formula is C16H23N3O2. The molecule has 0 amide bonds. The predicted octanol–water partition coefficient (Wildman–Crippen LogP) is 1.81. The van der Waals surface area contributed by atoms with Crippen LogP contribution >= 0.6 is 0 Å². The number of benzene rings is 1. The van der Waals surface area contributed by atoms with E-state index in [4.69, 9.17) is 0 Å². The summed E-state index contributed by atoms with van der Waals surface area (Å²) in [6.45, 7) is 7.20. The van der Waals surface area contributed by atoms with Crippen LogP contribution in [0.5, 0.6) is 0 Å². The van der Waals surface area contributed by atoms with Gasteiger partial charge in [0.25, 0.3) is 5.56 Å². The summed E-state index contributed by atoms with van der Waals surface area (Å²) in [5, 5.41) is 13.7. The summed E-state index contributed by atoms with van der Waals surface area (Å²) >= 11 is 0. The Labute approximate surface area is 124 Å². The van der Waals surface area contributed by atoms with Crippen LogP contribution in [0.4, 0.5) is 0 Å². The molecule has 0 aliphatic carbocycles. The third-order valence-electron chi connectivity index (χ3n) is 3.18. The van der Waals surface area contributed by atoms with Gasteiger partial charge in [-0.05, 0) is 24.0 Å². The zero-order chi connectivity index (χ0) is 15.5. The van der Waals surface area contributed by atoms with Gasteiger partial charge in [-0.3, -0.25) is 4.79 Å². The average molecular weight is 289 g/mol. The number of aliphatic hydroxyl groups excluding tert-OH is 1. The zero-order valence-electron chi connectivity index (χ0n) is 12.8. The monoisotopic (exact) mass is 289 g/mol. The van der Waals surface area contributed by atoms with E-state index in [1.807, 2.05) is 18.2 Å². The normalized spacial score (nSPS) is 13.5. The van der Waals surface area contributed by atoms with Crippen LogP contribution in [-0.4, -0.2) is 27.7 Å². The molecule has 1 aromatic heterocycles. The molecule has 21 heavy (non-hydrogen) atoms. The number of aliphatic hydroxyl groups is 1. The van der Waals surface area contributed by atoms with Crippen LogP contribution in [0, 0.1) is 5.41 Å². The van der Waals surface area contributed by atoms with Gasteiger partial charge in [-0.15, -0.1) is 0 Å². The minimum absolute atomic E-state index is 0.0939. The lowest BCUT2D eigenvalue weighted by Gasteiger charge is -2.22. The fourth-order valence-electron chi connectivity index (χ4n) is 2.35. The van der Waals surface area contributed by atoms with Gasteiger partial charge in [0.15, 0.2) is 0 Å². The van der Waals surface area contributed by atoms with Crippen molar-refractivity contribution in [1.29, 1.82) is 0 Å². The molecule has 2 rings (SSSR count). The van der Waals surface area contributed by atoms with E-state index in [1.165, 1.54) is 0 Å². The Kier molecular flexibility index (Phi) is 4.75. The number of fused-ring (bicyclic) bond motifs is 1. The number of rotatable bonds is 5. The van der Waals surface area contributed by atoms with E-state index in [-0.39, 0.29) is 11.0 Å². The van der Waals surface area contributed by atoms with Crippen molar-refractivity contribution in [2.24, 2.45) is 5.41 Å². The van der Waals surface area contributed by atoms with Gasteiger partial charge in [0.1, 0.15) is 5.82 Å². The van der Waals surface area contributed by atoms with Gasteiger partial charge in [-0.1, -0.05) is 32.9 Å². The fourth-order valence-corrected chi connectivity index (χ4v) is 2.35. The number of hydrogen-bond acceptors (Lipinski definition) is 4. The molecule has 0 saturated carbocycles. The summed E-state index contributed by atoms with van der Waals surface area (Å²) in [4.78, 5) is 19.1. The number of nitrogens with one attached hydrogen (secondary N) is 2. The lowest BCUT2D eigenvalue weighted by atomic mass is 9.89. The van der Waals surface area contributed by atoms with E-state index in [1.54, 1.807) is 6.07 Å². The molecule has 1 atom stereocenters. The minimum Gasteiger partial charge on any atom is -0.392 e. The molecule has 0 fully saturated rings. The van der Waals surface area contributed by atoms with Crippen molar-refractivity contribution < 1.29 is 5.11 Å². The Morgan fingerprint density at radius 3 is 2.76 bits per heavy atom. The summed E-state index contributed by atoms with van der Waals surface area (Å²) in [6, 6.07) is 7.26. The van der Waals surface area contributed by atoms with Crippen molar-refractivity contribution in [3.63, 3.8) is 0 Å². The summed E-state index contributed by atoms with van der Waals surface area (Å²) in [7, 11) is 0. The first-order chi connectivity index (χ1) is 9.85. The van der Waals surface area contributed by atoms with E-state index in [0.717, 1.165) is 6.42 Å². The SMILES string of the molecule is CC(C)(C)CC(O)CNCc1nc2ccccc2c(=O)[nH]1. The first-order valence-electron chi connectivity index (χ1n) is 7.22. The first-order valence-corrected chi connectivity index (χ1v) is 7.22. The molecule has 1 heterocycles. The van der Waals surface area contributed by atoms with E-state index in [9.17, 15) is 9.90 Å². The van der Waals surface area contributed by atoms with E-state index >= 15 is 0 Å². The van der Waals surface area contributed by atoms with Crippen molar-refractivity contribution in [2.75, 3.05) is 6.54 Å². The van der Waals surface area contributed by atoms with Crippen LogP contribution in [0.2, 0.25) is 0 Å².